The van der Waals surface area contributed by atoms with Gasteiger partial charge < -0.3 is 10.1 Å². The third-order valence-electron chi connectivity index (χ3n) is 11.1. The highest BCUT2D eigenvalue weighted by molar-refractivity contribution is 7.09. The Balaban J connectivity index is 1.00. The number of halogens is 1. The van der Waals surface area contributed by atoms with Gasteiger partial charge in [-0.3, -0.25) is 24.0 Å². The first-order chi connectivity index (χ1) is 25.8. The second kappa shape index (κ2) is 15.4. The molecule has 2 aromatic carbocycles. The molecule has 13 heteroatoms. The van der Waals surface area contributed by atoms with Gasteiger partial charge in [0.15, 0.2) is 5.65 Å². The fourth-order valence-corrected chi connectivity index (χ4v) is 8.81. The van der Waals surface area contributed by atoms with Crippen molar-refractivity contribution in [3.05, 3.63) is 109 Å². The molecule has 53 heavy (non-hydrogen) atoms. The molecular weight excluding hydrogens is 694 g/mol. The van der Waals surface area contributed by atoms with Gasteiger partial charge in [0.25, 0.3) is 11.5 Å². The molecule has 1 saturated carbocycles. The monoisotopic (exact) mass is 737 g/mol. The van der Waals surface area contributed by atoms with Crippen molar-refractivity contribution >= 4 is 28.3 Å². The molecule has 5 aromatic rings. The molecule has 276 valence electrons. The number of aromatic nitrogens is 4. The van der Waals surface area contributed by atoms with Crippen LogP contribution in [0.3, 0.4) is 0 Å². The van der Waals surface area contributed by atoms with Crippen molar-refractivity contribution in [2.24, 2.45) is 0 Å². The summed E-state index contributed by atoms with van der Waals surface area (Å²) in [5.74, 6) is -0.871. The van der Waals surface area contributed by atoms with E-state index in [4.69, 9.17) is 4.74 Å². The first kappa shape index (κ1) is 35.5. The number of carbonyl (C=O) groups excluding carboxylic acids is 1. The number of ether oxygens (including phenoxy) is 1. The Morgan fingerprint density at radius 1 is 0.925 bits per heavy atom. The normalized spacial score (nSPS) is 20.5. The van der Waals surface area contributed by atoms with Gasteiger partial charge in [-0.1, -0.05) is 36.4 Å². The smallest absolute Gasteiger partial charge is 0.337 e. The van der Waals surface area contributed by atoms with Crippen molar-refractivity contribution in [2.75, 3.05) is 39.4 Å². The largest absolute Gasteiger partial charge is 0.379 e. The number of amides is 1. The highest BCUT2D eigenvalue weighted by Crippen LogP contribution is 2.29. The number of thiazole rings is 1. The van der Waals surface area contributed by atoms with Gasteiger partial charge in [0.05, 0.1) is 35.5 Å². The molecule has 3 aromatic heterocycles. The number of carbonyl (C=O) groups is 1. The lowest BCUT2D eigenvalue weighted by Crippen LogP contribution is -2.48. The molecule has 0 radical (unpaired) electrons. The first-order valence-electron chi connectivity index (χ1n) is 18.6. The van der Waals surface area contributed by atoms with E-state index in [2.05, 4.69) is 49.4 Å². The molecule has 1 aliphatic carbocycles. The molecule has 0 unspecified atom stereocenters. The van der Waals surface area contributed by atoms with Crippen LogP contribution in [0.2, 0.25) is 0 Å². The van der Waals surface area contributed by atoms with Crippen LogP contribution in [0.1, 0.15) is 65.6 Å². The number of hydrogen-bond donors (Lipinski definition) is 1. The minimum Gasteiger partial charge on any atom is -0.379 e. The summed E-state index contributed by atoms with van der Waals surface area (Å²) in [6.07, 6.45) is 5.58. The average Bonchev–Trinajstić information content (AvgIpc) is 3.63. The quantitative estimate of drug-likeness (QED) is 0.228. The molecular formula is C40H44FN7O4S. The summed E-state index contributed by atoms with van der Waals surface area (Å²) in [6, 6.07) is 17.4. The minimum absolute atomic E-state index is 0.0441. The highest BCUT2D eigenvalue weighted by Gasteiger charge is 2.29. The lowest BCUT2D eigenvalue weighted by atomic mass is 9.90. The summed E-state index contributed by atoms with van der Waals surface area (Å²) in [6.45, 7) is 8.68. The summed E-state index contributed by atoms with van der Waals surface area (Å²) in [5, 5.41) is 5.65. The van der Waals surface area contributed by atoms with Crippen LogP contribution in [-0.4, -0.2) is 86.3 Å². The van der Waals surface area contributed by atoms with E-state index in [9.17, 15) is 18.8 Å². The Morgan fingerprint density at radius 2 is 1.68 bits per heavy atom. The summed E-state index contributed by atoms with van der Waals surface area (Å²) in [5.41, 5.74) is 3.13. The van der Waals surface area contributed by atoms with E-state index in [1.54, 1.807) is 5.38 Å². The minimum atomic E-state index is -0.648. The number of nitrogens with zero attached hydrogens (tertiary/aromatic N) is 6. The number of hydrogen-bond acceptors (Lipinski definition) is 9. The Labute approximate surface area is 311 Å². The van der Waals surface area contributed by atoms with Crippen molar-refractivity contribution in [1.82, 2.24) is 34.2 Å². The van der Waals surface area contributed by atoms with E-state index in [0.29, 0.717) is 43.1 Å². The maximum absolute atomic E-state index is 14.5. The molecule has 0 spiro atoms. The van der Waals surface area contributed by atoms with E-state index < -0.39 is 23.1 Å². The average molecular weight is 738 g/mol. The molecule has 2 saturated heterocycles. The number of likely N-dealkylation sites (tertiary alicyclic amines) is 1. The molecule has 2 aliphatic heterocycles. The molecule has 5 heterocycles. The fourth-order valence-electron chi connectivity index (χ4n) is 8.21. The van der Waals surface area contributed by atoms with Crippen LogP contribution in [-0.2, 0) is 11.3 Å². The van der Waals surface area contributed by atoms with Crippen LogP contribution in [0.4, 0.5) is 4.39 Å². The van der Waals surface area contributed by atoms with Gasteiger partial charge in [0.1, 0.15) is 11.5 Å². The lowest BCUT2D eigenvalue weighted by Gasteiger charge is -2.40. The number of nitrogens with one attached hydrogen (secondary N) is 1. The predicted octanol–water partition coefficient (Wildman–Crippen LogP) is 5.33. The van der Waals surface area contributed by atoms with E-state index in [-0.39, 0.29) is 23.0 Å². The first-order valence-corrected chi connectivity index (χ1v) is 19.5. The maximum atomic E-state index is 14.5. The van der Waals surface area contributed by atoms with Crippen molar-refractivity contribution in [2.45, 2.75) is 70.1 Å². The summed E-state index contributed by atoms with van der Waals surface area (Å²) >= 11 is 1.42. The van der Waals surface area contributed by atoms with Crippen LogP contribution >= 0.6 is 11.3 Å². The maximum Gasteiger partial charge on any atom is 0.337 e. The molecule has 11 nitrogen and oxygen atoms in total. The topological polar surface area (TPSA) is 115 Å². The third kappa shape index (κ3) is 7.61. The van der Waals surface area contributed by atoms with E-state index in [0.717, 1.165) is 74.3 Å². The zero-order chi connectivity index (χ0) is 36.5. The fraction of sp³-hybridized carbons (Fsp3) is 0.425. The molecule has 0 atom stereocenters. The Bertz CT molecular complexity index is 2210. The number of pyridine rings is 1. The molecule has 3 aliphatic rings. The van der Waals surface area contributed by atoms with Crippen LogP contribution < -0.4 is 16.6 Å². The second-order valence-corrected chi connectivity index (χ2v) is 15.5. The summed E-state index contributed by atoms with van der Waals surface area (Å²) in [4.78, 5) is 54.5. The van der Waals surface area contributed by atoms with E-state index >= 15 is 0 Å². The standard InChI is InChI=1S/C40H44FN7O4S/c1-26-43-36(25-53-26)38(49)44-31-9-11-33(12-10-31)48-39(50)35-22-30(41)23-42-37(35)47(40(48)51)34-4-2-3-29(21-34)28-7-5-27(6-8-28)24-45-15-13-32(14-16-45)46-17-19-52-20-18-46/h2-8,21-23,25,31-33H,9-20,24H2,1H3,(H,44,49). The zero-order valence-electron chi connectivity index (χ0n) is 29.9. The van der Waals surface area contributed by atoms with Gasteiger partial charge in [-0.25, -0.2) is 23.7 Å². The van der Waals surface area contributed by atoms with E-state index in [1.807, 2.05) is 31.2 Å². The summed E-state index contributed by atoms with van der Waals surface area (Å²) < 4.78 is 22.8. The molecule has 0 bridgehead atoms. The Morgan fingerprint density at radius 3 is 2.40 bits per heavy atom. The van der Waals surface area contributed by atoms with Crippen LogP contribution in [0.5, 0.6) is 0 Å². The Hall–Kier alpha value is -4.56. The lowest BCUT2D eigenvalue weighted by molar-refractivity contribution is 0.000231. The summed E-state index contributed by atoms with van der Waals surface area (Å²) in [7, 11) is 0. The van der Waals surface area contributed by atoms with Gasteiger partial charge in [-0.05, 0) is 93.4 Å². The van der Waals surface area contributed by atoms with Crippen molar-refractivity contribution in [3.63, 3.8) is 0 Å². The van der Waals surface area contributed by atoms with Gasteiger partial charge in [0.2, 0.25) is 0 Å². The van der Waals surface area contributed by atoms with Gasteiger partial charge in [0, 0.05) is 43.1 Å². The van der Waals surface area contributed by atoms with Crippen LogP contribution in [0.25, 0.3) is 27.8 Å². The highest BCUT2D eigenvalue weighted by atomic mass is 32.1. The van der Waals surface area contributed by atoms with Gasteiger partial charge in [-0.2, -0.15) is 0 Å². The number of aryl methyl sites for hydroxylation is 1. The zero-order valence-corrected chi connectivity index (χ0v) is 30.7. The second-order valence-electron chi connectivity index (χ2n) is 14.5. The van der Waals surface area contributed by atoms with Crippen LogP contribution in [0, 0.1) is 12.7 Å². The number of fused-ring (bicyclic) bond motifs is 1. The Kier molecular flexibility index (Phi) is 10.3. The van der Waals surface area contributed by atoms with Crippen molar-refractivity contribution in [3.8, 4) is 16.8 Å². The SMILES string of the molecule is Cc1nc(C(=O)NC2CCC(n3c(=O)c4cc(F)cnc4n(-c4cccc(-c5ccc(CN6CCC(N7CCOCC7)CC6)cc5)c4)c3=O)CC2)cs1. The number of benzene rings is 2. The van der Waals surface area contributed by atoms with Crippen LogP contribution in [0.15, 0.2) is 75.8 Å². The number of rotatable bonds is 8. The molecule has 1 amide bonds. The van der Waals surface area contributed by atoms with Crippen molar-refractivity contribution in [1.29, 1.82) is 0 Å². The predicted molar refractivity (Wildman–Crippen MR) is 203 cm³/mol. The molecule has 1 N–H and O–H groups in total. The third-order valence-corrected chi connectivity index (χ3v) is 11.8. The van der Waals surface area contributed by atoms with Gasteiger partial charge in [-0.15, -0.1) is 11.3 Å². The van der Waals surface area contributed by atoms with Crippen molar-refractivity contribution < 1.29 is 13.9 Å². The number of piperidine rings is 1. The van der Waals surface area contributed by atoms with E-state index in [1.165, 1.54) is 38.9 Å². The van der Waals surface area contributed by atoms with Gasteiger partial charge >= 0.3 is 5.69 Å². The molecule has 3 fully saturated rings. The molecule has 8 rings (SSSR count). The number of morpholine rings is 1.